The first-order valence-corrected chi connectivity index (χ1v) is 8.97. The molecule has 120 valence electrons. The fraction of sp³-hybridized carbons (Fsp3) is 0.778. The summed E-state index contributed by atoms with van der Waals surface area (Å²) >= 11 is 0. The molecular weight excluding hydrogens is 274 g/mol. The molecule has 1 amide bonds. The van der Waals surface area contributed by atoms with Crippen LogP contribution in [-0.2, 0) is 0 Å². The molecule has 22 heavy (non-hydrogen) atoms. The van der Waals surface area contributed by atoms with Crippen molar-refractivity contribution in [2.24, 2.45) is 11.3 Å². The van der Waals surface area contributed by atoms with Crippen molar-refractivity contribution in [3.05, 3.63) is 18.0 Å². The van der Waals surface area contributed by atoms with E-state index < -0.39 is 0 Å². The largest absolute Gasteiger partial charge is 0.333 e. The predicted octanol–water partition coefficient (Wildman–Crippen LogP) is 3.65. The van der Waals surface area contributed by atoms with Gasteiger partial charge in [-0.25, -0.2) is 0 Å². The zero-order valence-electron chi connectivity index (χ0n) is 13.8. The number of nitrogens with zero attached hydrogens (tertiary/aromatic N) is 3. The van der Waals surface area contributed by atoms with Gasteiger partial charge in [-0.2, -0.15) is 5.10 Å². The Balaban J connectivity index is 1.56. The third-order valence-electron chi connectivity index (χ3n) is 6.25. The Labute approximate surface area is 132 Å². The molecule has 0 unspecified atom stereocenters. The summed E-state index contributed by atoms with van der Waals surface area (Å²) in [4.78, 5) is 15.2. The summed E-state index contributed by atoms with van der Waals surface area (Å²) in [6.07, 6.45) is 10.6. The van der Waals surface area contributed by atoms with Gasteiger partial charge in [-0.05, 0) is 37.7 Å². The average Bonchev–Trinajstić information content (AvgIpc) is 3.05. The molecule has 1 aromatic heterocycles. The summed E-state index contributed by atoms with van der Waals surface area (Å²) in [5, 5.41) is 4.47. The van der Waals surface area contributed by atoms with Gasteiger partial charge in [0.05, 0.1) is 6.04 Å². The van der Waals surface area contributed by atoms with E-state index in [1.807, 2.05) is 10.7 Å². The maximum absolute atomic E-state index is 13.1. The van der Waals surface area contributed by atoms with Crippen LogP contribution in [0.5, 0.6) is 0 Å². The van der Waals surface area contributed by atoms with Crippen LogP contribution in [0.4, 0.5) is 0 Å². The second-order valence-electron chi connectivity index (χ2n) is 7.94. The molecule has 1 atom stereocenters. The van der Waals surface area contributed by atoms with Gasteiger partial charge in [-0.15, -0.1) is 0 Å². The van der Waals surface area contributed by atoms with Crippen molar-refractivity contribution < 1.29 is 4.79 Å². The van der Waals surface area contributed by atoms with Gasteiger partial charge in [-0.1, -0.05) is 33.1 Å². The summed E-state index contributed by atoms with van der Waals surface area (Å²) in [6.45, 7) is 5.49. The Kier molecular flexibility index (Phi) is 3.31. The van der Waals surface area contributed by atoms with Crippen molar-refractivity contribution >= 4 is 5.91 Å². The number of carbonyl (C=O) groups excluding carboxylic acids is 1. The molecule has 1 saturated heterocycles. The molecule has 2 aliphatic carbocycles. The molecule has 2 heterocycles. The maximum atomic E-state index is 13.1. The minimum atomic E-state index is 0.209. The third-order valence-corrected chi connectivity index (χ3v) is 6.25. The number of aromatic nitrogens is 2. The molecular formula is C18H27N3O. The Bertz CT molecular complexity index is 567. The Hall–Kier alpha value is -1.32. The molecule has 1 aliphatic heterocycles. The van der Waals surface area contributed by atoms with Gasteiger partial charge in [-0.3, -0.25) is 9.48 Å². The van der Waals surface area contributed by atoms with Crippen LogP contribution in [0, 0.1) is 11.3 Å². The van der Waals surface area contributed by atoms with Gasteiger partial charge in [0.1, 0.15) is 5.69 Å². The van der Waals surface area contributed by atoms with Crippen LogP contribution >= 0.6 is 0 Å². The number of carbonyl (C=O) groups is 1. The van der Waals surface area contributed by atoms with Crippen molar-refractivity contribution in [3.63, 3.8) is 0 Å². The van der Waals surface area contributed by atoms with Crippen LogP contribution in [0.1, 0.15) is 75.3 Å². The van der Waals surface area contributed by atoms with E-state index in [4.69, 9.17) is 0 Å². The predicted molar refractivity (Wildman–Crippen MR) is 85.7 cm³/mol. The van der Waals surface area contributed by atoms with E-state index in [1.165, 1.54) is 44.9 Å². The molecule has 4 heteroatoms. The molecule has 4 nitrogen and oxygen atoms in total. The highest BCUT2D eigenvalue weighted by atomic mass is 16.2. The zero-order chi connectivity index (χ0) is 15.3. The van der Waals surface area contributed by atoms with E-state index in [0.29, 0.717) is 23.4 Å². The average molecular weight is 301 g/mol. The lowest BCUT2D eigenvalue weighted by Crippen LogP contribution is -2.70. The Morgan fingerprint density at radius 1 is 1.27 bits per heavy atom. The van der Waals surface area contributed by atoms with Crippen molar-refractivity contribution in [1.82, 2.24) is 14.7 Å². The first-order chi connectivity index (χ1) is 10.6. The van der Waals surface area contributed by atoms with E-state index >= 15 is 0 Å². The van der Waals surface area contributed by atoms with Crippen LogP contribution in [0.2, 0.25) is 0 Å². The number of hydrogen-bond acceptors (Lipinski definition) is 2. The zero-order valence-corrected chi connectivity index (χ0v) is 13.8. The number of rotatable bonds is 3. The van der Waals surface area contributed by atoms with E-state index in [1.54, 1.807) is 6.20 Å². The van der Waals surface area contributed by atoms with Gasteiger partial charge in [0.2, 0.25) is 0 Å². The quantitative estimate of drug-likeness (QED) is 0.854. The van der Waals surface area contributed by atoms with Crippen molar-refractivity contribution in [2.75, 3.05) is 6.54 Å². The molecule has 4 rings (SSSR count). The van der Waals surface area contributed by atoms with Gasteiger partial charge in [0.25, 0.3) is 5.91 Å². The highest BCUT2D eigenvalue weighted by molar-refractivity contribution is 5.93. The summed E-state index contributed by atoms with van der Waals surface area (Å²) in [7, 11) is 0. The summed E-state index contributed by atoms with van der Waals surface area (Å²) < 4.78 is 2.01. The van der Waals surface area contributed by atoms with Gasteiger partial charge >= 0.3 is 0 Å². The lowest BCUT2D eigenvalue weighted by molar-refractivity contribution is -0.121. The fourth-order valence-corrected chi connectivity index (χ4v) is 5.17. The first-order valence-electron chi connectivity index (χ1n) is 8.97. The summed E-state index contributed by atoms with van der Waals surface area (Å²) in [5.74, 6) is 0.751. The molecule has 0 N–H and O–H groups in total. The van der Waals surface area contributed by atoms with Crippen LogP contribution in [0.15, 0.2) is 12.3 Å². The van der Waals surface area contributed by atoms with Crippen LogP contribution in [0.3, 0.4) is 0 Å². The van der Waals surface area contributed by atoms with Gasteiger partial charge < -0.3 is 4.90 Å². The second kappa shape index (κ2) is 5.10. The number of hydrogen-bond donors (Lipinski definition) is 0. The number of amides is 1. The smallest absolute Gasteiger partial charge is 0.272 e. The molecule has 0 bridgehead atoms. The summed E-state index contributed by atoms with van der Waals surface area (Å²) in [5.41, 5.74) is 1.26. The monoisotopic (exact) mass is 301 g/mol. The first kappa shape index (κ1) is 14.3. The Morgan fingerprint density at radius 3 is 2.59 bits per heavy atom. The minimum absolute atomic E-state index is 0.209. The van der Waals surface area contributed by atoms with Crippen LogP contribution in [-0.4, -0.2) is 33.2 Å². The lowest BCUT2D eigenvalue weighted by atomic mass is 9.55. The normalized spacial score (nSPS) is 27.2. The maximum Gasteiger partial charge on any atom is 0.272 e. The van der Waals surface area contributed by atoms with Crippen molar-refractivity contribution in [2.45, 2.75) is 70.9 Å². The van der Waals surface area contributed by atoms with Crippen LogP contribution in [0.25, 0.3) is 0 Å². The topological polar surface area (TPSA) is 38.1 Å². The van der Waals surface area contributed by atoms with Crippen molar-refractivity contribution in [3.8, 4) is 0 Å². The minimum Gasteiger partial charge on any atom is -0.333 e. The molecule has 0 aromatic carbocycles. The molecule has 2 saturated carbocycles. The SMILES string of the molecule is CC(C)[C@@H]1N(C(=O)c2ccnn2C2CCCC2)CC12CCC2. The third kappa shape index (κ3) is 1.95. The lowest BCUT2D eigenvalue weighted by Gasteiger charge is -2.64. The fourth-order valence-electron chi connectivity index (χ4n) is 5.17. The highest BCUT2D eigenvalue weighted by Gasteiger charge is 2.58. The summed E-state index contributed by atoms with van der Waals surface area (Å²) in [6, 6.07) is 2.79. The molecule has 3 aliphatic rings. The highest BCUT2D eigenvalue weighted by Crippen LogP contribution is 2.55. The molecule has 1 spiro atoms. The Morgan fingerprint density at radius 2 is 2.00 bits per heavy atom. The van der Waals surface area contributed by atoms with Crippen LogP contribution < -0.4 is 0 Å². The van der Waals surface area contributed by atoms with E-state index in [0.717, 1.165) is 12.2 Å². The molecule has 0 radical (unpaired) electrons. The van der Waals surface area contributed by atoms with E-state index in [2.05, 4.69) is 23.8 Å². The molecule has 1 aromatic rings. The standard InChI is InChI=1S/C18H27N3O/c1-13(2)16-18(9-5-10-18)12-20(16)17(22)15-8-11-19-21(15)14-6-3-4-7-14/h8,11,13-14,16H,3-7,9-10,12H2,1-2H3/t16-/m0/s1. The van der Waals surface area contributed by atoms with Crippen molar-refractivity contribution in [1.29, 1.82) is 0 Å². The van der Waals surface area contributed by atoms with Gasteiger partial charge in [0.15, 0.2) is 0 Å². The van der Waals surface area contributed by atoms with Gasteiger partial charge in [0, 0.05) is 24.2 Å². The van der Waals surface area contributed by atoms with E-state index in [9.17, 15) is 4.79 Å². The second-order valence-corrected chi connectivity index (χ2v) is 7.94. The molecule has 3 fully saturated rings. The number of likely N-dealkylation sites (tertiary alicyclic amines) is 1. The van der Waals surface area contributed by atoms with E-state index in [-0.39, 0.29) is 5.91 Å².